The van der Waals surface area contributed by atoms with Gasteiger partial charge in [-0.2, -0.15) is 0 Å². The highest BCUT2D eigenvalue weighted by molar-refractivity contribution is 7.99. The quantitative estimate of drug-likeness (QED) is 0.356. The summed E-state index contributed by atoms with van der Waals surface area (Å²) in [5, 5.41) is 15.4. The molecule has 0 radical (unpaired) electrons. The fourth-order valence-electron chi connectivity index (χ4n) is 3.25. The smallest absolute Gasteiger partial charge is 0.251 e. The first kappa shape index (κ1) is 23.5. The Labute approximate surface area is 206 Å². The van der Waals surface area contributed by atoms with Crippen molar-refractivity contribution in [3.8, 4) is 17.1 Å². The maximum atomic E-state index is 12.6. The number of carbonyl (C=O) groups excluding carboxylic acids is 2. The number of nitrogens with one attached hydrogen (secondary N) is 2. The summed E-state index contributed by atoms with van der Waals surface area (Å²) in [6, 6.07) is 22.1. The molecule has 0 atom stereocenters. The maximum absolute atomic E-state index is 12.6. The van der Waals surface area contributed by atoms with E-state index in [0.29, 0.717) is 27.3 Å². The Hall–Kier alpha value is -3.62. The third-order valence-electron chi connectivity index (χ3n) is 5.02. The lowest BCUT2D eigenvalue weighted by Crippen LogP contribution is -2.18. The van der Waals surface area contributed by atoms with Gasteiger partial charge >= 0.3 is 0 Å². The molecule has 4 rings (SSSR count). The van der Waals surface area contributed by atoms with Gasteiger partial charge in [0.2, 0.25) is 5.91 Å². The molecule has 9 heteroatoms. The van der Waals surface area contributed by atoms with Crippen LogP contribution in [0, 0.1) is 6.92 Å². The molecule has 3 aromatic carbocycles. The van der Waals surface area contributed by atoms with Gasteiger partial charge in [0.1, 0.15) is 0 Å². The van der Waals surface area contributed by atoms with Crippen molar-refractivity contribution in [1.82, 2.24) is 20.1 Å². The van der Waals surface area contributed by atoms with Crippen LogP contribution in [0.1, 0.15) is 15.9 Å². The summed E-state index contributed by atoms with van der Waals surface area (Å²) in [4.78, 5) is 24.3. The molecule has 7 nitrogen and oxygen atoms in total. The minimum atomic E-state index is -0.191. The van der Waals surface area contributed by atoms with Gasteiger partial charge in [0.25, 0.3) is 5.91 Å². The van der Waals surface area contributed by atoms with Crippen LogP contribution in [0.4, 0.5) is 5.69 Å². The topological polar surface area (TPSA) is 88.9 Å². The second kappa shape index (κ2) is 10.5. The highest BCUT2D eigenvalue weighted by Gasteiger charge is 2.17. The van der Waals surface area contributed by atoms with E-state index in [1.54, 1.807) is 43.4 Å². The minimum absolute atomic E-state index is 0.141. The Bertz CT molecular complexity index is 1300. The van der Waals surface area contributed by atoms with Crippen LogP contribution in [0.2, 0.25) is 5.02 Å². The number of rotatable bonds is 7. The number of aromatic nitrogens is 3. The van der Waals surface area contributed by atoms with Gasteiger partial charge in [-0.25, -0.2) is 0 Å². The molecule has 0 unspecified atom stereocenters. The molecule has 4 aromatic rings. The van der Waals surface area contributed by atoms with Crippen molar-refractivity contribution in [3.63, 3.8) is 0 Å². The molecule has 0 fully saturated rings. The van der Waals surface area contributed by atoms with Gasteiger partial charge in [0.15, 0.2) is 11.0 Å². The van der Waals surface area contributed by atoms with Crippen LogP contribution < -0.4 is 10.6 Å². The van der Waals surface area contributed by atoms with Gasteiger partial charge < -0.3 is 10.6 Å². The summed E-state index contributed by atoms with van der Waals surface area (Å²) in [5.41, 5.74) is 4.04. The van der Waals surface area contributed by atoms with Gasteiger partial charge in [-0.1, -0.05) is 41.1 Å². The summed E-state index contributed by atoms with van der Waals surface area (Å²) in [7, 11) is 1.57. The van der Waals surface area contributed by atoms with Gasteiger partial charge in [-0.3, -0.25) is 14.2 Å². The van der Waals surface area contributed by atoms with Crippen LogP contribution in [0.3, 0.4) is 0 Å². The van der Waals surface area contributed by atoms with Gasteiger partial charge in [-0.15, -0.1) is 10.2 Å². The van der Waals surface area contributed by atoms with E-state index in [9.17, 15) is 9.59 Å². The molecule has 0 spiro atoms. The second-order valence-corrected chi connectivity index (χ2v) is 8.86. The predicted molar refractivity (Wildman–Crippen MR) is 136 cm³/mol. The lowest BCUT2D eigenvalue weighted by molar-refractivity contribution is -0.113. The molecule has 2 N–H and O–H groups in total. The van der Waals surface area contributed by atoms with Crippen molar-refractivity contribution in [3.05, 3.63) is 88.9 Å². The fourth-order valence-corrected chi connectivity index (χ4v) is 4.13. The zero-order chi connectivity index (χ0) is 24.1. The van der Waals surface area contributed by atoms with E-state index in [1.807, 2.05) is 47.9 Å². The first-order valence-electron chi connectivity index (χ1n) is 10.5. The van der Waals surface area contributed by atoms with Gasteiger partial charge in [0.05, 0.1) is 5.75 Å². The van der Waals surface area contributed by atoms with E-state index in [2.05, 4.69) is 20.8 Å². The maximum Gasteiger partial charge on any atom is 0.251 e. The molecule has 172 valence electrons. The van der Waals surface area contributed by atoms with Crippen molar-refractivity contribution in [2.24, 2.45) is 0 Å². The number of halogens is 1. The molecular weight excluding hydrogens is 470 g/mol. The van der Waals surface area contributed by atoms with Crippen LogP contribution >= 0.6 is 23.4 Å². The molecule has 1 aromatic heterocycles. The molecule has 1 heterocycles. The van der Waals surface area contributed by atoms with Crippen molar-refractivity contribution in [2.45, 2.75) is 12.1 Å². The summed E-state index contributed by atoms with van der Waals surface area (Å²) in [6.07, 6.45) is 0. The molecule has 0 aliphatic rings. The van der Waals surface area contributed by atoms with E-state index in [1.165, 1.54) is 11.8 Å². The Kier molecular flexibility index (Phi) is 7.30. The van der Waals surface area contributed by atoms with E-state index in [0.717, 1.165) is 16.8 Å². The van der Waals surface area contributed by atoms with Crippen molar-refractivity contribution in [2.75, 3.05) is 18.1 Å². The van der Waals surface area contributed by atoms with Crippen molar-refractivity contribution < 1.29 is 9.59 Å². The molecule has 0 aliphatic carbocycles. The largest absolute Gasteiger partial charge is 0.355 e. The molecular formula is C25H22ClN5O2S. The minimum Gasteiger partial charge on any atom is -0.355 e. The number of amides is 2. The predicted octanol–water partition coefficient (Wildman–Crippen LogP) is 4.99. The summed E-state index contributed by atoms with van der Waals surface area (Å²) < 4.78 is 1.93. The van der Waals surface area contributed by atoms with Crippen LogP contribution in [0.25, 0.3) is 17.1 Å². The van der Waals surface area contributed by atoms with Crippen molar-refractivity contribution >= 4 is 40.9 Å². The highest BCUT2D eigenvalue weighted by Crippen LogP contribution is 2.29. The fraction of sp³-hybridized carbons (Fsp3) is 0.120. The summed E-state index contributed by atoms with van der Waals surface area (Å²) in [6.45, 7) is 2.03. The van der Waals surface area contributed by atoms with Gasteiger partial charge in [0, 0.05) is 34.6 Å². The van der Waals surface area contributed by atoms with Gasteiger partial charge in [-0.05, 0) is 67.6 Å². The van der Waals surface area contributed by atoms with Crippen LogP contribution in [-0.2, 0) is 4.79 Å². The van der Waals surface area contributed by atoms with Crippen LogP contribution in [-0.4, -0.2) is 39.4 Å². The lowest BCUT2D eigenvalue weighted by Gasteiger charge is -2.11. The zero-order valence-corrected chi connectivity index (χ0v) is 20.2. The van der Waals surface area contributed by atoms with Crippen molar-refractivity contribution in [1.29, 1.82) is 0 Å². The molecule has 0 bridgehead atoms. The van der Waals surface area contributed by atoms with Crippen LogP contribution in [0.5, 0.6) is 0 Å². The normalized spacial score (nSPS) is 10.7. The summed E-state index contributed by atoms with van der Waals surface area (Å²) in [5.74, 6) is 0.430. The number of hydrogen-bond donors (Lipinski definition) is 2. The number of thioether (sulfide) groups is 1. The van der Waals surface area contributed by atoms with E-state index < -0.39 is 0 Å². The SMILES string of the molecule is CNC(=O)c1ccc(NC(=O)CSc2nnc(-c3ccc(Cl)cc3)n2-c2ccc(C)cc2)cc1. The number of anilines is 1. The third-order valence-corrected chi connectivity index (χ3v) is 6.20. The first-order chi connectivity index (χ1) is 16.4. The molecule has 0 saturated heterocycles. The number of aryl methyl sites for hydroxylation is 1. The van der Waals surface area contributed by atoms with E-state index in [-0.39, 0.29) is 17.6 Å². The van der Waals surface area contributed by atoms with E-state index >= 15 is 0 Å². The third kappa shape index (κ3) is 5.47. The Morgan fingerprint density at radius 3 is 2.26 bits per heavy atom. The Balaban J connectivity index is 1.53. The molecule has 2 amide bonds. The molecule has 34 heavy (non-hydrogen) atoms. The molecule has 0 aliphatic heterocycles. The number of carbonyl (C=O) groups is 2. The number of benzene rings is 3. The second-order valence-electron chi connectivity index (χ2n) is 7.48. The Morgan fingerprint density at radius 2 is 1.62 bits per heavy atom. The zero-order valence-electron chi connectivity index (χ0n) is 18.6. The first-order valence-corrected chi connectivity index (χ1v) is 11.8. The number of nitrogens with zero attached hydrogens (tertiary/aromatic N) is 3. The number of hydrogen-bond acceptors (Lipinski definition) is 5. The lowest BCUT2D eigenvalue weighted by atomic mass is 10.2. The van der Waals surface area contributed by atoms with E-state index in [4.69, 9.17) is 11.6 Å². The average Bonchev–Trinajstić information content (AvgIpc) is 3.27. The monoisotopic (exact) mass is 491 g/mol. The average molecular weight is 492 g/mol. The van der Waals surface area contributed by atoms with Crippen LogP contribution in [0.15, 0.2) is 78.0 Å². The summed E-state index contributed by atoms with van der Waals surface area (Å²) >= 11 is 7.34. The molecule has 0 saturated carbocycles. The Morgan fingerprint density at radius 1 is 0.941 bits per heavy atom. The standard InChI is InChI=1S/C25H22ClN5O2S/c1-16-3-13-21(14-4-16)31-23(17-5-9-19(26)10-6-17)29-30-25(31)34-15-22(32)28-20-11-7-18(8-12-20)24(33)27-2/h3-14H,15H2,1-2H3,(H,27,33)(H,28,32). The highest BCUT2D eigenvalue weighted by atomic mass is 35.5.